The van der Waals surface area contributed by atoms with Gasteiger partial charge in [0.05, 0.1) is 0 Å². The molecule has 0 aromatic heterocycles. The van der Waals surface area contributed by atoms with Crippen molar-refractivity contribution in [2.45, 2.75) is 19.8 Å². The van der Waals surface area contributed by atoms with Crippen molar-refractivity contribution in [3.63, 3.8) is 0 Å². The molecule has 17 heavy (non-hydrogen) atoms. The highest BCUT2D eigenvalue weighted by Crippen LogP contribution is 2.25. The van der Waals surface area contributed by atoms with E-state index in [2.05, 4.69) is 59.4 Å². The third-order valence-electron chi connectivity index (χ3n) is 3.03. The van der Waals surface area contributed by atoms with Crippen LogP contribution in [0.5, 0.6) is 0 Å². The molecule has 1 rings (SSSR count). The molecule has 0 saturated carbocycles. The van der Waals surface area contributed by atoms with Crippen LogP contribution >= 0.6 is 15.9 Å². The van der Waals surface area contributed by atoms with Crippen LogP contribution < -0.4 is 5.32 Å². The Kier molecular flexibility index (Phi) is 6.78. The van der Waals surface area contributed by atoms with Crippen molar-refractivity contribution in [3.8, 4) is 0 Å². The van der Waals surface area contributed by atoms with E-state index in [4.69, 9.17) is 4.74 Å². The zero-order valence-corrected chi connectivity index (χ0v) is 12.5. The summed E-state index contributed by atoms with van der Waals surface area (Å²) in [4.78, 5) is 0. The SMILES string of the molecule is CCNCC(c1ccc(Br)cc1)C(C)COC. The molecule has 2 nitrogen and oxygen atoms in total. The Balaban J connectivity index is 2.77. The van der Waals surface area contributed by atoms with Gasteiger partial charge in [-0.1, -0.05) is 41.9 Å². The maximum absolute atomic E-state index is 5.27. The van der Waals surface area contributed by atoms with Crippen LogP contribution in [-0.2, 0) is 4.74 Å². The third-order valence-corrected chi connectivity index (χ3v) is 3.56. The number of nitrogens with one attached hydrogen (secondary N) is 1. The first-order valence-electron chi connectivity index (χ1n) is 6.14. The van der Waals surface area contributed by atoms with E-state index in [9.17, 15) is 0 Å². The summed E-state index contributed by atoms with van der Waals surface area (Å²) >= 11 is 3.47. The van der Waals surface area contributed by atoms with E-state index in [-0.39, 0.29) is 0 Å². The Bertz CT molecular complexity index is 313. The van der Waals surface area contributed by atoms with Crippen LogP contribution in [0.4, 0.5) is 0 Å². The third kappa shape index (κ3) is 4.78. The topological polar surface area (TPSA) is 21.3 Å². The molecule has 0 aliphatic carbocycles. The molecule has 1 aromatic carbocycles. The number of benzene rings is 1. The van der Waals surface area contributed by atoms with Gasteiger partial charge in [-0.05, 0) is 30.2 Å². The first-order chi connectivity index (χ1) is 8.19. The van der Waals surface area contributed by atoms with E-state index < -0.39 is 0 Å². The molecule has 0 radical (unpaired) electrons. The first kappa shape index (κ1) is 14.7. The molecule has 0 spiro atoms. The molecule has 2 atom stereocenters. The van der Waals surface area contributed by atoms with Crippen molar-refractivity contribution in [2.24, 2.45) is 5.92 Å². The lowest BCUT2D eigenvalue weighted by molar-refractivity contribution is 0.146. The number of rotatable bonds is 7. The molecule has 2 unspecified atom stereocenters. The minimum absolute atomic E-state index is 0.503. The van der Waals surface area contributed by atoms with Crippen molar-refractivity contribution < 1.29 is 4.74 Å². The maximum Gasteiger partial charge on any atom is 0.0494 e. The predicted molar refractivity (Wildman–Crippen MR) is 76.5 cm³/mol. The molecule has 0 aliphatic rings. The van der Waals surface area contributed by atoms with Crippen molar-refractivity contribution in [3.05, 3.63) is 34.3 Å². The zero-order chi connectivity index (χ0) is 12.7. The molecule has 1 aromatic rings. The number of ether oxygens (including phenoxy) is 1. The molecule has 0 fully saturated rings. The highest BCUT2D eigenvalue weighted by molar-refractivity contribution is 9.10. The van der Waals surface area contributed by atoms with Gasteiger partial charge in [0.25, 0.3) is 0 Å². The molecule has 96 valence electrons. The Morgan fingerprint density at radius 3 is 2.47 bits per heavy atom. The van der Waals surface area contributed by atoms with Crippen molar-refractivity contribution in [1.29, 1.82) is 0 Å². The number of methoxy groups -OCH3 is 1. The average Bonchev–Trinajstić information content (AvgIpc) is 2.32. The van der Waals surface area contributed by atoms with E-state index in [0.717, 1.165) is 24.2 Å². The molecule has 1 N–H and O–H groups in total. The first-order valence-corrected chi connectivity index (χ1v) is 6.93. The van der Waals surface area contributed by atoms with E-state index in [0.29, 0.717) is 11.8 Å². The quantitative estimate of drug-likeness (QED) is 0.833. The summed E-state index contributed by atoms with van der Waals surface area (Å²) in [7, 11) is 1.77. The van der Waals surface area contributed by atoms with Crippen LogP contribution in [0, 0.1) is 5.92 Å². The molecule has 0 amide bonds. The lowest BCUT2D eigenvalue weighted by Gasteiger charge is -2.24. The largest absolute Gasteiger partial charge is 0.384 e. The number of hydrogen-bond donors (Lipinski definition) is 1. The summed E-state index contributed by atoms with van der Waals surface area (Å²) in [5.41, 5.74) is 1.37. The van der Waals surface area contributed by atoms with Gasteiger partial charge >= 0.3 is 0 Å². The van der Waals surface area contributed by atoms with Gasteiger partial charge in [0.15, 0.2) is 0 Å². The second-order valence-electron chi connectivity index (χ2n) is 4.40. The van der Waals surface area contributed by atoms with Gasteiger partial charge in [-0.3, -0.25) is 0 Å². The summed E-state index contributed by atoms with van der Waals surface area (Å²) in [6.07, 6.45) is 0. The summed E-state index contributed by atoms with van der Waals surface area (Å²) in [6.45, 7) is 7.19. The lowest BCUT2D eigenvalue weighted by atomic mass is 9.87. The van der Waals surface area contributed by atoms with Gasteiger partial charge in [0.2, 0.25) is 0 Å². The van der Waals surface area contributed by atoms with Crippen molar-refractivity contribution >= 4 is 15.9 Å². The van der Waals surface area contributed by atoms with Crippen LogP contribution in [-0.4, -0.2) is 26.8 Å². The fraction of sp³-hybridized carbons (Fsp3) is 0.571. The smallest absolute Gasteiger partial charge is 0.0494 e. The van der Waals surface area contributed by atoms with Gasteiger partial charge < -0.3 is 10.1 Å². The second kappa shape index (κ2) is 7.85. The maximum atomic E-state index is 5.27. The van der Waals surface area contributed by atoms with E-state index in [1.54, 1.807) is 7.11 Å². The highest BCUT2D eigenvalue weighted by atomic mass is 79.9. The Hall–Kier alpha value is -0.380. The standard InChI is InChI=1S/C14H22BrNO/c1-4-16-9-14(11(2)10-17-3)12-5-7-13(15)8-6-12/h5-8,11,14,16H,4,9-10H2,1-3H3. The van der Waals surface area contributed by atoms with Crippen LogP contribution in [0.3, 0.4) is 0 Å². The van der Waals surface area contributed by atoms with Crippen LogP contribution in [0.2, 0.25) is 0 Å². The Labute approximate surface area is 113 Å². The Morgan fingerprint density at radius 2 is 1.94 bits per heavy atom. The van der Waals surface area contributed by atoms with Gasteiger partial charge in [-0.25, -0.2) is 0 Å². The number of halogens is 1. The van der Waals surface area contributed by atoms with E-state index in [1.165, 1.54) is 5.56 Å². The van der Waals surface area contributed by atoms with Crippen molar-refractivity contribution in [1.82, 2.24) is 5.32 Å². The lowest BCUT2D eigenvalue weighted by Crippen LogP contribution is -2.27. The van der Waals surface area contributed by atoms with Crippen LogP contribution in [0.25, 0.3) is 0 Å². The molecule has 0 heterocycles. The Morgan fingerprint density at radius 1 is 1.29 bits per heavy atom. The fourth-order valence-corrected chi connectivity index (χ4v) is 2.30. The van der Waals surface area contributed by atoms with Gasteiger partial charge in [-0.15, -0.1) is 0 Å². The molecule has 0 bridgehead atoms. The summed E-state index contributed by atoms with van der Waals surface area (Å²) in [6, 6.07) is 8.60. The minimum atomic E-state index is 0.503. The number of hydrogen-bond acceptors (Lipinski definition) is 2. The highest BCUT2D eigenvalue weighted by Gasteiger charge is 2.18. The summed E-state index contributed by atoms with van der Waals surface area (Å²) < 4.78 is 6.40. The number of likely N-dealkylation sites (N-methyl/N-ethyl adjacent to an activating group) is 1. The van der Waals surface area contributed by atoms with Crippen LogP contribution in [0.15, 0.2) is 28.7 Å². The summed E-state index contributed by atoms with van der Waals surface area (Å²) in [5.74, 6) is 1.02. The monoisotopic (exact) mass is 299 g/mol. The van der Waals surface area contributed by atoms with Crippen molar-refractivity contribution in [2.75, 3.05) is 26.8 Å². The summed E-state index contributed by atoms with van der Waals surface area (Å²) in [5, 5.41) is 3.43. The van der Waals surface area contributed by atoms with E-state index >= 15 is 0 Å². The molecule has 0 saturated heterocycles. The zero-order valence-electron chi connectivity index (χ0n) is 10.9. The average molecular weight is 300 g/mol. The van der Waals surface area contributed by atoms with Gasteiger partial charge in [0, 0.05) is 30.7 Å². The second-order valence-corrected chi connectivity index (χ2v) is 5.31. The van der Waals surface area contributed by atoms with Gasteiger partial charge in [-0.2, -0.15) is 0 Å². The fourth-order valence-electron chi connectivity index (χ4n) is 2.04. The van der Waals surface area contributed by atoms with Crippen LogP contribution in [0.1, 0.15) is 25.3 Å². The predicted octanol–water partition coefficient (Wildman–Crippen LogP) is 3.42. The van der Waals surface area contributed by atoms with Gasteiger partial charge in [0.1, 0.15) is 0 Å². The normalized spacial score (nSPS) is 14.6. The molecular formula is C14H22BrNO. The van der Waals surface area contributed by atoms with E-state index in [1.807, 2.05) is 0 Å². The minimum Gasteiger partial charge on any atom is -0.384 e. The molecular weight excluding hydrogens is 278 g/mol. The molecule has 0 aliphatic heterocycles. The molecule has 3 heteroatoms.